The third-order valence-electron chi connectivity index (χ3n) is 3.97. The molecule has 0 radical (unpaired) electrons. The average molecular weight is 290 g/mol. The SMILES string of the molecule is CC1CC(NC(=O)NCc2ccc3c(c2)OCCCO3)C1. The number of hydrogen-bond acceptors (Lipinski definition) is 3. The number of hydrogen-bond donors (Lipinski definition) is 2. The maximum absolute atomic E-state index is 11.8. The van der Waals surface area contributed by atoms with Crippen molar-refractivity contribution in [2.24, 2.45) is 5.92 Å². The highest BCUT2D eigenvalue weighted by atomic mass is 16.5. The number of fused-ring (bicyclic) bond motifs is 1. The van der Waals surface area contributed by atoms with Crippen LogP contribution in [0.4, 0.5) is 4.79 Å². The normalized spacial score (nSPS) is 23.7. The molecule has 2 N–H and O–H groups in total. The van der Waals surface area contributed by atoms with Crippen LogP contribution in [-0.4, -0.2) is 25.3 Å². The zero-order valence-electron chi connectivity index (χ0n) is 12.4. The van der Waals surface area contributed by atoms with Crippen molar-refractivity contribution in [2.75, 3.05) is 13.2 Å². The zero-order chi connectivity index (χ0) is 14.7. The molecule has 0 aromatic heterocycles. The van der Waals surface area contributed by atoms with Crippen molar-refractivity contribution in [1.82, 2.24) is 10.6 Å². The molecule has 2 aliphatic rings. The molecule has 1 aliphatic heterocycles. The maximum Gasteiger partial charge on any atom is 0.315 e. The molecule has 3 rings (SSSR count). The summed E-state index contributed by atoms with van der Waals surface area (Å²) in [4.78, 5) is 11.8. The number of ether oxygens (including phenoxy) is 2. The van der Waals surface area contributed by atoms with Crippen molar-refractivity contribution in [3.05, 3.63) is 23.8 Å². The lowest BCUT2D eigenvalue weighted by molar-refractivity contribution is 0.210. The fraction of sp³-hybridized carbons (Fsp3) is 0.562. The summed E-state index contributed by atoms with van der Waals surface area (Å²) in [5.41, 5.74) is 1.01. The van der Waals surface area contributed by atoms with Crippen LogP contribution in [0.2, 0.25) is 0 Å². The van der Waals surface area contributed by atoms with Crippen LogP contribution in [-0.2, 0) is 6.54 Å². The summed E-state index contributed by atoms with van der Waals surface area (Å²) in [6.45, 7) is 4.05. The first-order valence-electron chi connectivity index (χ1n) is 7.63. The number of carbonyl (C=O) groups is 1. The predicted octanol–water partition coefficient (Wildman–Crippen LogP) is 2.45. The molecule has 0 bridgehead atoms. The molecule has 0 saturated heterocycles. The van der Waals surface area contributed by atoms with E-state index >= 15 is 0 Å². The first-order chi connectivity index (χ1) is 10.2. The van der Waals surface area contributed by atoms with Crippen molar-refractivity contribution >= 4 is 6.03 Å². The molecule has 1 aromatic carbocycles. The minimum absolute atomic E-state index is 0.0981. The number of benzene rings is 1. The van der Waals surface area contributed by atoms with Gasteiger partial charge in [-0.15, -0.1) is 0 Å². The molecule has 1 aromatic rings. The second-order valence-corrected chi connectivity index (χ2v) is 5.93. The highest BCUT2D eigenvalue weighted by Crippen LogP contribution is 2.30. The molecular formula is C16H22N2O3. The predicted molar refractivity (Wildman–Crippen MR) is 79.6 cm³/mol. The van der Waals surface area contributed by atoms with Gasteiger partial charge in [0, 0.05) is 19.0 Å². The number of rotatable bonds is 3. The van der Waals surface area contributed by atoms with Gasteiger partial charge in [0.05, 0.1) is 13.2 Å². The van der Waals surface area contributed by atoms with E-state index in [1.165, 1.54) is 0 Å². The van der Waals surface area contributed by atoms with Crippen LogP contribution in [0.5, 0.6) is 11.5 Å². The topological polar surface area (TPSA) is 59.6 Å². The highest BCUT2D eigenvalue weighted by Gasteiger charge is 2.26. The van der Waals surface area contributed by atoms with Gasteiger partial charge in [0.25, 0.3) is 0 Å². The van der Waals surface area contributed by atoms with Gasteiger partial charge in [0.1, 0.15) is 0 Å². The lowest BCUT2D eigenvalue weighted by Gasteiger charge is -2.33. The van der Waals surface area contributed by atoms with Crippen LogP contribution in [0.1, 0.15) is 31.7 Å². The molecule has 114 valence electrons. The van der Waals surface area contributed by atoms with Gasteiger partial charge in [-0.25, -0.2) is 4.79 Å². The van der Waals surface area contributed by atoms with E-state index in [2.05, 4.69) is 17.6 Å². The molecule has 1 aliphatic carbocycles. The van der Waals surface area contributed by atoms with Gasteiger partial charge in [-0.1, -0.05) is 13.0 Å². The Hall–Kier alpha value is -1.91. The molecule has 21 heavy (non-hydrogen) atoms. The maximum atomic E-state index is 11.8. The van der Waals surface area contributed by atoms with E-state index in [0.29, 0.717) is 25.8 Å². The third-order valence-corrected chi connectivity index (χ3v) is 3.97. The Balaban J connectivity index is 1.51. The molecule has 0 unspecified atom stereocenters. The molecule has 1 saturated carbocycles. The van der Waals surface area contributed by atoms with Crippen LogP contribution < -0.4 is 20.1 Å². The van der Waals surface area contributed by atoms with Crippen molar-refractivity contribution in [2.45, 2.75) is 38.8 Å². The van der Waals surface area contributed by atoms with Crippen molar-refractivity contribution < 1.29 is 14.3 Å². The average Bonchev–Trinajstić information content (AvgIpc) is 2.68. The van der Waals surface area contributed by atoms with Gasteiger partial charge in [-0.3, -0.25) is 0 Å². The summed E-state index contributed by atoms with van der Waals surface area (Å²) in [6, 6.07) is 6.04. The number of nitrogens with one attached hydrogen (secondary N) is 2. The summed E-state index contributed by atoms with van der Waals surface area (Å²) in [6.07, 6.45) is 3.05. The van der Waals surface area contributed by atoms with E-state index in [1.54, 1.807) is 0 Å². The highest BCUT2D eigenvalue weighted by molar-refractivity contribution is 5.74. The molecule has 2 amide bonds. The monoisotopic (exact) mass is 290 g/mol. The molecule has 1 heterocycles. The summed E-state index contributed by atoms with van der Waals surface area (Å²) >= 11 is 0. The largest absolute Gasteiger partial charge is 0.490 e. The van der Waals surface area contributed by atoms with Gasteiger partial charge >= 0.3 is 6.03 Å². The van der Waals surface area contributed by atoms with Gasteiger partial charge in [-0.05, 0) is 36.5 Å². The van der Waals surface area contributed by atoms with Crippen LogP contribution in [0.15, 0.2) is 18.2 Å². The standard InChI is InChI=1S/C16H22N2O3/c1-11-7-13(8-11)18-16(19)17-10-12-3-4-14-15(9-12)21-6-2-5-20-14/h3-4,9,11,13H,2,5-8,10H2,1H3,(H2,17,18,19). The Morgan fingerprint density at radius 3 is 2.76 bits per heavy atom. The smallest absolute Gasteiger partial charge is 0.315 e. The summed E-state index contributed by atoms with van der Waals surface area (Å²) < 4.78 is 11.2. The fourth-order valence-electron chi connectivity index (χ4n) is 2.76. The van der Waals surface area contributed by atoms with Crippen LogP contribution in [0.25, 0.3) is 0 Å². The van der Waals surface area contributed by atoms with Crippen LogP contribution in [0, 0.1) is 5.92 Å². The molecule has 1 fully saturated rings. The molecule has 5 heteroatoms. The van der Waals surface area contributed by atoms with Gasteiger partial charge < -0.3 is 20.1 Å². The van der Waals surface area contributed by atoms with E-state index in [4.69, 9.17) is 9.47 Å². The van der Waals surface area contributed by atoms with Crippen LogP contribution >= 0.6 is 0 Å². The first kappa shape index (κ1) is 14.0. The van der Waals surface area contributed by atoms with Crippen molar-refractivity contribution in [3.8, 4) is 11.5 Å². The fourth-order valence-corrected chi connectivity index (χ4v) is 2.76. The molecule has 0 spiro atoms. The lowest BCUT2D eigenvalue weighted by Crippen LogP contribution is -2.47. The Labute approximate surface area is 125 Å². The van der Waals surface area contributed by atoms with Gasteiger partial charge in [-0.2, -0.15) is 0 Å². The molecule has 0 atom stereocenters. The second kappa shape index (κ2) is 6.24. The quantitative estimate of drug-likeness (QED) is 0.899. The Kier molecular flexibility index (Phi) is 4.18. The van der Waals surface area contributed by atoms with Crippen molar-refractivity contribution in [1.29, 1.82) is 0 Å². The summed E-state index contributed by atoms with van der Waals surface area (Å²) in [5.74, 6) is 2.28. The zero-order valence-corrected chi connectivity index (χ0v) is 12.4. The number of carbonyl (C=O) groups excluding carboxylic acids is 1. The molecular weight excluding hydrogens is 268 g/mol. The minimum atomic E-state index is -0.0981. The minimum Gasteiger partial charge on any atom is -0.490 e. The van der Waals surface area contributed by atoms with E-state index in [9.17, 15) is 4.79 Å². The second-order valence-electron chi connectivity index (χ2n) is 5.93. The summed E-state index contributed by atoms with van der Waals surface area (Å²) in [7, 11) is 0. The first-order valence-corrected chi connectivity index (χ1v) is 7.63. The lowest BCUT2D eigenvalue weighted by atomic mass is 9.82. The number of urea groups is 1. The van der Waals surface area contributed by atoms with E-state index in [-0.39, 0.29) is 6.03 Å². The van der Waals surface area contributed by atoms with Crippen molar-refractivity contribution in [3.63, 3.8) is 0 Å². The van der Waals surface area contributed by atoms with Gasteiger partial charge in [0.15, 0.2) is 11.5 Å². The van der Waals surface area contributed by atoms with E-state index in [1.807, 2.05) is 18.2 Å². The molecule has 5 nitrogen and oxygen atoms in total. The summed E-state index contributed by atoms with van der Waals surface area (Å²) in [5, 5.41) is 5.87. The van der Waals surface area contributed by atoms with Crippen LogP contribution in [0.3, 0.4) is 0 Å². The van der Waals surface area contributed by atoms with E-state index < -0.39 is 0 Å². The van der Waals surface area contributed by atoms with E-state index in [0.717, 1.165) is 42.2 Å². The third kappa shape index (κ3) is 3.60. The Morgan fingerprint density at radius 1 is 1.24 bits per heavy atom. The Bertz CT molecular complexity index is 512. The van der Waals surface area contributed by atoms with Gasteiger partial charge in [0.2, 0.25) is 0 Å². The number of amides is 2. The Morgan fingerprint density at radius 2 is 2.00 bits per heavy atom.